The van der Waals surface area contributed by atoms with Gasteiger partial charge >= 0.3 is 0 Å². The summed E-state index contributed by atoms with van der Waals surface area (Å²) in [6.07, 6.45) is 5.85. The van der Waals surface area contributed by atoms with Crippen LogP contribution in [0.25, 0.3) is 10.9 Å². The van der Waals surface area contributed by atoms with Crippen LogP contribution in [-0.2, 0) is 6.42 Å². The molecule has 88 valence electrons. The second kappa shape index (κ2) is 4.41. The van der Waals surface area contributed by atoms with Gasteiger partial charge in [-0.2, -0.15) is 0 Å². The van der Waals surface area contributed by atoms with Crippen LogP contribution >= 0.6 is 0 Å². The van der Waals surface area contributed by atoms with Crippen LogP contribution in [0.2, 0.25) is 0 Å². The molecule has 4 nitrogen and oxygen atoms in total. The lowest BCUT2D eigenvalue weighted by Crippen LogP contribution is -1.97. The number of fused-ring (bicyclic) bond motifs is 1. The predicted octanol–water partition coefficient (Wildman–Crippen LogP) is 2.20. The Bertz CT molecular complexity index is 671. The summed E-state index contributed by atoms with van der Waals surface area (Å²) >= 11 is 0. The van der Waals surface area contributed by atoms with E-state index >= 15 is 0 Å². The first kappa shape index (κ1) is 10.7. The number of nitrogens with zero attached hydrogens (tertiary/aromatic N) is 3. The maximum absolute atomic E-state index is 5.53. The molecule has 0 aliphatic carbocycles. The van der Waals surface area contributed by atoms with Gasteiger partial charge in [0, 0.05) is 18.0 Å². The molecule has 0 unspecified atom stereocenters. The van der Waals surface area contributed by atoms with Gasteiger partial charge in [0.2, 0.25) is 0 Å². The van der Waals surface area contributed by atoms with Crippen molar-refractivity contribution >= 4 is 16.7 Å². The highest BCUT2D eigenvalue weighted by Crippen LogP contribution is 2.18. The average Bonchev–Trinajstić information content (AvgIpc) is 2.42. The summed E-state index contributed by atoms with van der Waals surface area (Å²) < 4.78 is 0. The fraction of sp³-hybridized carbons (Fsp3) is 0.0714. The molecular formula is C14H12N4. The number of para-hydroxylation sites is 1. The van der Waals surface area contributed by atoms with Crippen molar-refractivity contribution in [2.24, 2.45) is 0 Å². The van der Waals surface area contributed by atoms with E-state index in [9.17, 15) is 0 Å². The quantitative estimate of drug-likeness (QED) is 0.740. The van der Waals surface area contributed by atoms with Gasteiger partial charge in [-0.25, -0.2) is 4.98 Å². The fourth-order valence-corrected chi connectivity index (χ4v) is 1.96. The normalized spacial score (nSPS) is 10.7. The van der Waals surface area contributed by atoms with Gasteiger partial charge in [0.05, 0.1) is 23.6 Å². The lowest BCUT2D eigenvalue weighted by Gasteiger charge is -2.05. The molecule has 18 heavy (non-hydrogen) atoms. The van der Waals surface area contributed by atoms with Crippen molar-refractivity contribution in [3.05, 3.63) is 60.2 Å². The molecule has 0 fully saturated rings. The molecule has 0 radical (unpaired) electrons. The molecule has 2 heterocycles. The lowest BCUT2D eigenvalue weighted by atomic mass is 10.1. The number of nitrogen functional groups attached to an aromatic ring is 1. The van der Waals surface area contributed by atoms with E-state index in [0.717, 1.165) is 23.0 Å². The first-order valence-corrected chi connectivity index (χ1v) is 5.72. The van der Waals surface area contributed by atoms with Gasteiger partial charge in [-0.15, -0.1) is 0 Å². The summed E-state index contributed by atoms with van der Waals surface area (Å²) in [5.74, 6) is 0.443. The van der Waals surface area contributed by atoms with E-state index in [0.29, 0.717) is 5.82 Å². The highest BCUT2D eigenvalue weighted by molar-refractivity contribution is 5.82. The van der Waals surface area contributed by atoms with Crippen molar-refractivity contribution in [2.45, 2.75) is 6.42 Å². The smallest absolute Gasteiger partial charge is 0.141 e. The number of rotatable bonds is 2. The van der Waals surface area contributed by atoms with Gasteiger partial charge in [0.1, 0.15) is 5.82 Å². The first-order valence-electron chi connectivity index (χ1n) is 5.72. The number of hydrogen-bond donors (Lipinski definition) is 1. The van der Waals surface area contributed by atoms with Gasteiger partial charge in [-0.1, -0.05) is 18.2 Å². The minimum atomic E-state index is 0.443. The Morgan fingerprint density at radius 2 is 1.83 bits per heavy atom. The zero-order valence-corrected chi connectivity index (χ0v) is 9.74. The summed E-state index contributed by atoms with van der Waals surface area (Å²) in [5, 5.41) is 1.15. The highest BCUT2D eigenvalue weighted by Gasteiger charge is 2.03. The maximum Gasteiger partial charge on any atom is 0.141 e. The molecule has 0 aliphatic heterocycles. The number of hydrogen-bond acceptors (Lipinski definition) is 4. The minimum Gasteiger partial charge on any atom is -0.382 e. The molecule has 2 N–H and O–H groups in total. The average molecular weight is 236 g/mol. The Kier molecular flexibility index (Phi) is 2.61. The van der Waals surface area contributed by atoms with Crippen LogP contribution in [0.4, 0.5) is 5.82 Å². The molecular weight excluding hydrogens is 224 g/mol. The van der Waals surface area contributed by atoms with Gasteiger partial charge in [0.25, 0.3) is 0 Å². The van der Waals surface area contributed by atoms with Crippen molar-refractivity contribution in [2.75, 3.05) is 5.73 Å². The van der Waals surface area contributed by atoms with Crippen LogP contribution in [-0.4, -0.2) is 15.0 Å². The minimum absolute atomic E-state index is 0.443. The fourth-order valence-electron chi connectivity index (χ4n) is 1.96. The zero-order valence-electron chi connectivity index (χ0n) is 9.74. The molecule has 0 aliphatic rings. The first-order chi connectivity index (χ1) is 8.83. The van der Waals surface area contributed by atoms with Crippen LogP contribution < -0.4 is 5.73 Å². The summed E-state index contributed by atoms with van der Waals surface area (Å²) in [6.45, 7) is 0. The third-order valence-electron chi connectivity index (χ3n) is 2.84. The number of benzene rings is 1. The Balaban J connectivity index is 2.02. The van der Waals surface area contributed by atoms with Crippen LogP contribution in [0, 0.1) is 0 Å². The Hall–Kier alpha value is -2.49. The number of pyridine rings is 1. The third-order valence-corrected chi connectivity index (χ3v) is 2.84. The Labute approximate surface area is 105 Å². The van der Waals surface area contributed by atoms with Crippen molar-refractivity contribution in [1.29, 1.82) is 0 Å². The molecule has 3 rings (SSSR count). The molecule has 0 bridgehead atoms. The molecule has 0 spiro atoms. The third kappa shape index (κ3) is 2.00. The van der Waals surface area contributed by atoms with Gasteiger partial charge in [-0.05, 0) is 17.7 Å². The molecule has 4 heteroatoms. The molecule has 0 saturated carbocycles. The predicted molar refractivity (Wildman–Crippen MR) is 71.0 cm³/mol. The lowest BCUT2D eigenvalue weighted by molar-refractivity contribution is 1.04. The van der Waals surface area contributed by atoms with Crippen molar-refractivity contribution in [1.82, 2.24) is 15.0 Å². The van der Waals surface area contributed by atoms with Gasteiger partial charge in [0.15, 0.2) is 0 Å². The van der Waals surface area contributed by atoms with Crippen LogP contribution in [0.3, 0.4) is 0 Å². The molecule has 0 amide bonds. The summed E-state index contributed by atoms with van der Waals surface area (Å²) in [7, 11) is 0. The topological polar surface area (TPSA) is 64.7 Å². The van der Waals surface area contributed by atoms with E-state index < -0.39 is 0 Å². The second-order valence-electron chi connectivity index (χ2n) is 4.10. The molecule has 0 saturated heterocycles. The molecule has 1 aromatic carbocycles. The van der Waals surface area contributed by atoms with Crippen molar-refractivity contribution < 1.29 is 0 Å². The van der Waals surface area contributed by atoms with Gasteiger partial charge in [-0.3, -0.25) is 9.97 Å². The van der Waals surface area contributed by atoms with Crippen molar-refractivity contribution in [3.63, 3.8) is 0 Å². The SMILES string of the molecule is Nc1cnc(Cc2ccnc3ccccc23)cn1. The highest BCUT2D eigenvalue weighted by atomic mass is 14.9. The van der Waals surface area contributed by atoms with E-state index in [4.69, 9.17) is 5.73 Å². The molecule has 3 aromatic rings. The number of anilines is 1. The van der Waals surface area contributed by atoms with Crippen LogP contribution in [0.1, 0.15) is 11.3 Å². The zero-order chi connectivity index (χ0) is 12.4. The van der Waals surface area contributed by atoms with E-state index in [1.54, 1.807) is 12.4 Å². The van der Waals surface area contributed by atoms with E-state index in [2.05, 4.69) is 21.0 Å². The number of nitrogens with two attached hydrogens (primary N) is 1. The number of aromatic nitrogens is 3. The maximum atomic E-state index is 5.53. The monoisotopic (exact) mass is 236 g/mol. The summed E-state index contributed by atoms with van der Waals surface area (Å²) in [5.41, 5.74) is 8.62. The van der Waals surface area contributed by atoms with Crippen LogP contribution in [0.15, 0.2) is 48.9 Å². The standard InChI is InChI=1S/C14H12N4/c15-14-9-17-11(8-18-14)7-10-5-6-16-13-4-2-1-3-12(10)13/h1-6,8-9H,7H2,(H2,15,18). The van der Waals surface area contributed by atoms with Crippen LogP contribution in [0.5, 0.6) is 0 Å². The molecule has 2 aromatic heterocycles. The largest absolute Gasteiger partial charge is 0.382 e. The Morgan fingerprint density at radius 1 is 0.944 bits per heavy atom. The van der Waals surface area contributed by atoms with Gasteiger partial charge < -0.3 is 5.73 Å². The van der Waals surface area contributed by atoms with E-state index in [1.165, 1.54) is 5.56 Å². The van der Waals surface area contributed by atoms with E-state index in [1.807, 2.05) is 30.5 Å². The summed E-state index contributed by atoms with van der Waals surface area (Å²) in [6, 6.07) is 10.1. The Morgan fingerprint density at radius 3 is 2.67 bits per heavy atom. The van der Waals surface area contributed by atoms with Crippen molar-refractivity contribution in [3.8, 4) is 0 Å². The second-order valence-corrected chi connectivity index (χ2v) is 4.10. The molecule has 0 atom stereocenters. The summed E-state index contributed by atoms with van der Waals surface area (Å²) in [4.78, 5) is 12.7. The van der Waals surface area contributed by atoms with E-state index in [-0.39, 0.29) is 0 Å².